The lowest BCUT2D eigenvalue weighted by Gasteiger charge is -2.24. The van der Waals surface area contributed by atoms with Crippen molar-refractivity contribution in [2.24, 2.45) is 11.8 Å². The average Bonchev–Trinajstić information content (AvgIpc) is 2.66. The fourth-order valence-corrected chi connectivity index (χ4v) is 2.71. The Morgan fingerprint density at radius 1 is 1.36 bits per heavy atom. The number of carbonyl (C=O) groups is 3. The van der Waals surface area contributed by atoms with Crippen molar-refractivity contribution in [3.8, 4) is 0 Å². The minimum Gasteiger partial charge on any atom is -0.463 e. The lowest BCUT2D eigenvalue weighted by Crippen LogP contribution is -2.45. The van der Waals surface area contributed by atoms with Crippen LogP contribution in [0.2, 0.25) is 0 Å². The highest BCUT2D eigenvalue weighted by molar-refractivity contribution is 5.86. The monoisotopic (exact) mass is 398 g/mol. The number of rotatable bonds is 8. The summed E-state index contributed by atoms with van der Waals surface area (Å²) < 4.78 is 10.4. The number of aliphatic hydroxyl groups excluding tert-OH is 1. The number of nitrogens with one attached hydrogen (secondary N) is 2. The zero-order valence-corrected chi connectivity index (χ0v) is 16.9. The van der Waals surface area contributed by atoms with E-state index >= 15 is 0 Å². The van der Waals surface area contributed by atoms with Crippen LogP contribution in [0.15, 0.2) is 12.2 Å². The van der Waals surface area contributed by atoms with Gasteiger partial charge in [-0.15, -0.1) is 0 Å². The molecule has 28 heavy (non-hydrogen) atoms. The van der Waals surface area contributed by atoms with Crippen LogP contribution in [0.25, 0.3) is 0 Å². The molecule has 1 aliphatic heterocycles. The van der Waals surface area contributed by atoms with Crippen molar-refractivity contribution >= 4 is 17.8 Å². The molecule has 1 heterocycles. The second-order valence-corrected chi connectivity index (χ2v) is 7.23. The van der Waals surface area contributed by atoms with Crippen LogP contribution in [0, 0.1) is 11.8 Å². The Balaban J connectivity index is 2.67. The Labute approximate surface area is 167 Å². The molecule has 1 aliphatic rings. The smallest absolute Gasteiger partial charge is 0.305 e. The topological polar surface area (TPSA) is 114 Å². The zero-order chi connectivity index (χ0) is 20.8. The van der Waals surface area contributed by atoms with Crippen LogP contribution in [0.3, 0.4) is 0 Å². The van der Waals surface area contributed by atoms with Gasteiger partial charge in [-0.25, -0.2) is 0 Å². The number of cyclic esters (lactones) is 1. The van der Waals surface area contributed by atoms with E-state index in [-0.39, 0.29) is 56.0 Å². The summed E-state index contributed by atoms with van der Waals surface area (Å²) in [5.74, 6) is -1.10. The normalized spacial score (nSPS) is 21.9. The number of esters is 1. The molecule has 0 spiro atoms. The first-order valence-corrected chi connectivity index (χ1v) is 10.00. The van der Waals surface area contributed by atoms with Crippen molar-refractivity contribution in [1.29, 1.82) is 0 Å². The van der Waals surface area contributed by atoms with E-state index in [2.05, 4.69) is 10.6 Å². The van der Waals surface area contributed by atoms with E-state index in [1.54, 1.807) is 0 Å². The van der Waals surface area contributed by atoms with E-state index in [0.717, 1.165) is 6.42 Å². The van der Waals surface area contributed by atoms with Crippen molar-refractivity contribution in [3.63, 3.8) is 0 Å². The number of allylic oxidation sites excluding steroid dienone is 2. The minimum atomic E-state index is -0.493. The Kier molecular flexibility index (Phi) is 12.2. The van der Waals surface area contributed by atoms with Crippen molar-refractivity contribution < 1.29 is 29.0 Å². The van der Waals surface area contributed by atoms with Crippen molar-refractivity contribution in [2.75, 3.05) is 33.0 Å². The van der Waals surface area contributed by atoms with Crippen LogP contribution in [0.1, 0.15) is 46.0 Å². The van der Waals surface area contributed by atoms with Crippen LogP contribution in [0.4, 0.5) is 0 Å². The molecular weight excluding hydrogens is 364 g/mol. The van der Waals surface area contributed by atoms with Crippen LogP contribution in [-0.2, 0) is 23.9 Å². The van der Waals surface area contributed by atoms with Crippen LogP contribution in [-0.4, -0.2) is 61.9 Å². The lowest BCUT2D eigenvalue weighted by atomic mass is 9.97. The molecule has 2 atom stereocenters. The summed E-state index contributed by atoms with van der Waals surface area (Å²) in [6.45, 7) is 4.84. The molecule has 0 aromatic heterocycles. The number of aliphatic hydroxyl groups is 1. The molecule has 2 amide bonds. The number of hydrogen-bond donors (Lipinski definition) is 3. The third-order valence-corrected chi connectivity index (χ3v) is 4.50. The number of carbonyl (C=O) groups excluding carboxylic acids is 3. The third-order valence-electron chi connectivity index (χ3n) is 4.50. The van der Waals surface area contributed by atoms with Crippen LogP contribution < -0.4 is 10.6 Å². The highest BCUT2D eigenvalue weighted by atomic mass is 16.5. The zero-order valence-electron chi connectivity index (χ0n) is 16.9. The molecule has 3 N–H and O–H groups in total. The fraction of sp³-hybridized carbons (Fsp3) is 0.750. The number of hydrogen-bond acceptors (Lipinski definition) is 6. The van der Waals surface area contributed by atoms with Crippen molar-refractivity contribution in [2.45, 2.75) is 52.0 Å². The van der Waals surface area contributed by atoms with E-state index in [1.807, 2.05) is 26.0 Å². The highest BCUT2D eigenvalue weighted by Crippen LogP contribution is 2.14. The summed E-state index contributed by atoms with van der Waals surface area (Å²) in [6.07, 6.45) is 6.14. The van der Waals surface area contributed by atoms with Crippen molar-refractivity contribution in [3.05, 3.63) is 12.2 Å². The summed E-state index contributed by atoms with van der Waals surface area (Å²) in [6, 6.07) is -0.293. The Morgan fingerprint density at radius 3 is 2.86 bits per heavy atom. The predicted octanol–water partition coefficient (Wildman–Crippen LogP) is 0.932. The largest absolute Gasteiger partial charge is 0.463 e. The van der Waals surface area contributed by atoms with Gasteiger partial charge in [-0.2, -0.15) is 0 Å². The molecule has 0 bridgehead atoms. The molecule has 0 radical (unpaired) electrons. The molecule has 160 valence electrons. The minimum absolute atomic E-state index is 0.0607. The van der Waals surface area contributed by atoms with E-state index < -0.39 is 5.92 Å². The van der Waals surface area contributed by atoms with E-state index in [0.29, 0.717) is 32.4 Å². The van der Waals surface area contributed by atoms with Gasteiger partial charge in [0.2, 0.25) is 11.8 Å². The fourth-order valence-electron chi connectivity index (χ4n) is 2.71. The van der Waals surface area contributed by atoms with Gasteiger partial charge in [0.05, 0.1) is 31.8 Å². The first kappa shape index (κ1) is 24.1. The molecule has 8 heteroatoms. The third kappa shape index (κ3) is 10.4. The number of ether oxygens (including phenoxy) is 2. The second kappa shape index (κ2) is 14.1. The maximum absolute atomic E-state index is 12.7. The van der Waals surface area contributed by atoms with Crippen molar-refractivity contribution in [1.82, 2.24) is 10.6 Å². The Bertz CT molecular complexity index is 521. The Morgan fingerprint density at radius 2 is 2.14 bits per heavy atom. The first-order valence-electron chi connectivity index (χ1n) is 10.00. The predicted molar refractivity (Wildman–Crippen MR) is 104 cm³/mol. The molecule has 0 fully saturated rings. The molecule has 1 rings (SSSR count). The van der Waals surface area contributed by atoms with Gasteiger partial charge in [0.15, 0.2) is 0 Å². The van der Waals surface area contributed by atoms with Gasteiger partial charge in [-0.3, -0.25) is 14.4 Å². The van der Waals surface area contributed by atoms with E-state index in [1.165, 1.54) is 0 Å². The molecule has 0 saturated heterocycles. The molecule has 8 nitrogen and oxygen atoms in total. The second-order valence-electron chi connectivity index (χ2n) is 7.23. The van der Waals surface area contributed by atoms with Gasteiger partial charge in [-0.05, 0) is 25.2 Å². The van der Waals surface area contributed by atoms with Gasteiger partial charge in [0, 0.05) is 19.4 Å². The molecule has 0 aromatic carbocycles. The van der Waals surface area contributed by atoms with Gasteiger partial charge in [-0.1, -0.05) is 26.0 Å². The first-order chi connectivity index (χ1) is 13.4. The maximum Gasteiger partial charge on any atom is 0.305 e. The average molecular weight is 399 g/mol. The molecule has 0 aliphatic carbocycles. The standard InChI is InChI=1S/C20H34N2O6/c1-15(2)17-14-28-19(25)8-6-4-3-5-7-16(20(26)22-17)13-18(24)21-9-11-27-12-10-23/h3,5,15-17,23H,4,6-14H2,1-2H3,(H,21,24)(H,22,26)/t16-,17-/m1/s1. The van der Waals surface area contributed by atoms with E-state index in [9.17, 15) is 14.4 Å². The molecule has 0 saturated carbocycles. The maximum atomic E-state index is 12.7. The highest BCUT2D eigenvalue weighted by Gasteiger charge is 2.25. The van der Waals surface area contributed by atoms with Gasteiger partial charge in [0.25, 0.3) is 0 Å². The molecular formula is C20H34N2O6. The van der Waals surface area contributed by atoms with Gasteiger partial charge < -0.3 is 25.2 Å². The van der Waals surface area contributed by atoms with Gasteiger partial charge in [0.1, 0.15) is 6.61 Å². The Hall–Kier alpha value is -1.93. The van der Waals surface area contributed by atoms with Gasteiger partial charge >= 0.3 is 5.97 Å². The van der Waals surface area contributed by atoms with E-state index in [4.69, 9.17) is 14.6 Å². The summed E-state index contributed by atoms with van der Waals surface area (Å²) in [5, 5.41) is 14.3. The number of amides is 2. The molecule has 0 aromatic rings. The summed E-state index contributed by atoms with van der Waals surface area (Å²) in [4.78, 5) is 36.7. The van der Waals surface area contributed by atoms with Crippen LogP contribution in [0.5, 0.6) is 0 Å². The lowest BCUT2D eigenvalue weighted by molar-refractivity contribution is -0.145. The summed E-state index contributed by atoms with van der Waals surface area (Å²) in [7, 11) is 0. The summed E-state index contributed by atoms with van der Waals surface area (Å²) in [5.41, 5.74) is 0. The quantitative estimate of drug-likeness (QED) is 0.318. The SMILES string of the molecule is CC(C)[C@H]1COC(=O)CCCC=CC[C@H](CC(=O)NCCOCCO)C(=O)N1. The summed E-state index contributed by atoms with van der Waals surface area (Å²) >= 11 is 0. The van der Waals surface area contributed by atoms with Crippen LogP contribution >= 0.6 is 0 Å². The molecule has 0 unspecified atom stereocenters.